The molecular formula is C16H32N4O6S2. The lowest BCUT2D eigenvalue weighted by Gasteiger charge is -2.11. The zero-order chi connectivity index (χ0) is 21.2. The predicted molar refractivity (Wildman–Crippen MR) is 110 cm³/mol. The molecule has 0 spiro atoms. The number of ether oxygens (including phenoxy) is 1. The molecule has 0 aromatic carbocycles. The molecule has 0 aliphatic rings. The maximum atomic E-state index is 11.7. The molecule has 28 heavy (non-hydrogen) atoms. The minimum Gasteiger partial charge on any atom is -0.463 e. The molecule has 0 heterocycles. The Bertz CT molecular complexity index is 459. The third kappa shape index (κ3) is 16.0. The highest BCUT2D eigenvalue weighted by molar-refractivity contribution is 8.76. The van der Waals surface area contributed by atoms with Gasteiger partial charge in [0.1, 0.15) is 12.7 Å². The Morgan fingerprint density at radius 1 is 1.07 bits per heavy atom. The van der Waals surface area contributed by atoms with Crippen LogP contribution in [0.5, 0.6) is 0 Å². The van der Waals surface area contributed by atoms with Crippen molar-refractivity contribution < 1.29 is 29.3 Å². The van der Waals surface area contributed by atoms with Crippen molar-refractivity contribution in [1.29, 1.82) is 0 Å². The maximum Gasteiger partial charge on any atom is 0.306 e. The fourth-order valence-corrected chi connectivity index (χ4v) is 3.60. The van der Waals surface area contributed by atoms with Crippen molar-refractivity contribution in [1.82, 2.24) is 10.6 Å². The van der Waals surface area contributed by atoms with Crippen molar-refractivity contribution in [3.8, 4) is 0 Å². The van der Waals surface area contributed by atoms with Gasteiger partial charge >= 0.3 is 5.97 Å². The topological polar surface area (TPSA) is 177 Å². The first-order chi connectivity index (χ1) is 13.4. The molecule has 8 N–H and O–H groups in total. The van der Waals surface area contributed by atoms with E-state index in [0.29, 0.717) is 31.8 Å². The summed E-state index contributed by atoms with van der Waals surface area (Å²) in [7, 11) is 3.14. The number of amides is 2. The number of esters is 1. The van der Waals surface area contributed by atoms with Gasteiger partial charge in [-0.05, 0) is 19.4 Å². The van der Waals surface area contributed by atoms with Gasteiger partial charge in [0.2, 0.25) is 11.8 Å². The normalized spacial score (nSPS) is 12.9. The number of aliphatic hydroxyl groups is 2. The third-order valence-corrected chi connectivity index (χ3v) is 5.74. The van der Waals surface area contributed by atoms with Crippen LogP contribution in [0.15, 0.2) is 0 Å². The Balaban J connectivity index is 3.52. The fraction of sp³-hybridized carbons (Fsp3) is 0.812. The molecule has 1 unspecified atom stereocenters. The summed E-state index contributed by atoms with van der Waals surface area (Å²) in [4.78, 5) is 34.6. The molecule has 0 saturated heterocycles. The summed E-state index contributed by atoms with van der Waals surface area (Å²) in [6.07, 6.45) is 0.112. The SMILES string of the molecule is NCCCC(N)C(=O)NCCSSCCNC(=O)CCC(=O)OC[C@H](O)CO. The van der Waals surface area contributed by atoms with Crippen LogP contribution < -0.4 is 22.1 Å². The minimum absolute atomic E-state index is 0.00229. The predicted octanol–water partition coefficient (Wildman–Crippen LogP) is -1.66. The summed E-state index contributed by atoms with van der Waals surface area (Å²) < 4.78 is 4.70. The molecule has 0 saturated carbocycles. The third-order valence-electron chi connectivity index (χ3n) is 3.34. The van der Waals surface area contributed by atoms with Crippen molar-refractivity contribution in [2.75, 3.05) is 44.4 Å². The fourth-order valence-electron chi connectivity index (χ4n) is 1.78. The van der Waals surface area contributed by atoms with Gasteiger partial charge in [0.05, 0.1) is 19.1 Å². The van der Waals surface area contributed by atoms with Crippen molar-refractivity contribution in [3.05, 3.63) is 0 Å². The first-order valence-corrected chi connectivity index (χ1v) is 11.6. The summed E-state index contributed by atoms with van der Waals surface area (Å²) in [6, 6.07) is -0.520. The summed E-state index contributed by atoms with van der Waals surface area (Å²) in [5.74, 6) is 0.379. The Morgan fingerprint density at radius 2 is 1.71 bits per heavy atom. The van der Waals surface area contributed by atoms with Crippen LogP contribution in [0, 0.1) is 0 Å². The highest BCUT2D eigenvalue weighted by atomic mass is 33.1. The van der Waals surface area contributed by atoms with Crippen LogP contribution in [0.25, 0.3) is 0 Å². The van der Waals surface area contributed by atoms with E-state index in [2.05, 4.69) is 10.6 Å². The van der Waals surface area contributed by atoms with Gasteiger partial charge in [0, 0.05) is 31.0 Å². The van der Waals surface area contributed by atoms with Crippen molar-refractivity contribution in [2.45, 2.75) is 37.8 Å². The number of nitrogens with one attached hydrogen (secondary N) is 2. The lowest BCUT2D eigenvalue weighted by Crippen LogP contribution is -2.41. The van der Waals surface area contributed by atoms with E-state index in [1.807, 2.05) is 0 Å². The van der Waals surface area contributed by atoms with E-state index in [0.717, 1.165) is 12.2 Å². The lowest BCUT2D eigenvalue weighted by molar-refractivity contribution is -0.148. The highest BCUT2D eigenvalue weighted by Gasteiger charge is 2.12. The molecule has 0 bridgehead atoms. The van der Waals surface area contributed by atoms with Gasteiger partial charge in [0.25, 0.3) is 0 Å². The second-order valence-corrected chi connectivity index (χ2v) is 8.54. The number of hydrogen-bond acceptors (Lipinski definition) is 10. The molecule has 12 heteroatoms. The van der Waals surface area contributed by atoms with Gasteiger partial charge < -0.3 is 37.1 Å². The molecule has 0 radical (unpaired) electrons. The zero-order valence-electron chi connectivity index (χ0n) is 15.9. The van der Waals surface area contributed by atoms with E-state index in [4.69, 9.17) is 26.4 Å². The first-order valence-electron chi connectivity index (χ1n) is 9.09. The molecule has 0 aliphatic heterocycles. The van der Waals surface area contributed by atoms with E-state index >= 15 is 0 Å². The van der Waals surface area contributed by atoms with Crippen LogP contribution >= 0.6 is 21.6 Å². The summed E-state index contributed by atoms with van der Waals surface area (Å²) >= 11 is 0. The number of carbonyl (C=O) groups excluding carboxylic acids is 3. The van der Waals surface area contributed by atoms with E-state index in [1.54, 1.807) is 21.6 Å². The number of aliphatic hydroxyl groups excluding tert-OH is 2. The van der Waals surface area contributed by atoms with Gasteiger partial charge in [0.15, 0.2) is 0 Å². The van der Waals surface area contributed by atoms with Gasteiger partial charge in [-0.1, -0.05) is 21.6 Å². The smallest absolute Gasteiger partial charge is 0.306 e. The van der Waals surface area contributed by atoms with E-state index in [1.165, 1.54) is 0 Å². The maximum absolute atomic E-state index is 11.7. The number of nitrogens with two attached hydrogens (primary N) is 2. The van der Waals surface area contributed by atoms with Crippen LogP contribution in [0.1, 0.15) is 25.7 Å². The molecule has 0 aromatic rings. The minimum atomic E-state index is -1.10. The highest BCUT2D eigenvalue weighted by Crippen LogP contribution is 2.19. The summed E-state index contributed by atoms with van der Waals surface area (Å²) in [5.41, 5.74) is 11.1. The molecule has 164 valence electrons. The van der Waals surface area contributed by atoms with Gasteiger partial charge in [-0.2, -0.15) is 0 Å². The average molecular weight is 441 g/mol. The Morgan fingerprint density at radius 3 is 2.32 bits per heavy atom. The van der Waals surface area contributed by atoms with Crippen LogP contribution in [0.3, 0.4) is 0 Å². The molecule has 10 nitrogen and oxygen atoms in total. The van der Waals surface area contributed by atoms with Crippen molar-refractivity contribution >= 4 is 39.4 Å². The van der Waals surface area contributed by atoms with Crippen molar-refractivity contribution in [2.24, 2.45) is 11.5 Å². The molecule has 2 atom stereocenters. The first kappa shape index (κ1) is 27.0. The monoisotopic (exact) mass is 440 g/mol. The summed E-state index contributed by atoms with van der Waals surface area (Å²) in [6.45, 7) is 0.725. The van der Waals surface area contributed by atoms with Crippen molar-refractivity contribution in [3.63, 3.8) is 0 Å². The quantitative estimate of drug-likeness (QED) is 0.0871. The average Bonchev–Trinajstić information content (AvgIpc) is 2.69. The molecule has 0 aromatic heterocycles. The molecule has 2 amide bonds. The van der Waals surface area contributed by atoms with E-state index < -0.39 is 24.7 Å². The number of rotatable bonds is 17. The number of carbonyl (C=O) groups is 3. The Hall–Kier alpha value is -1.05. The largest absolute Gasteiger partial charge is 0.463 e. The molecule has 0 rings (SSSR count). The second kappa shape index (κ2) is 18.0. The Kier molecular flexibility index (Phi) is 17.3. The lowest BCUT2D eigenvalue weighted by atomic mass is 10.1. The van der Waals surface area contributed by atoms with E-state index in [-0.39, 0.29) is 31.3 Å². The van der Waals surface area contributed by atoms with Crippen LogP contribution in [0.4, 0.5) is 0 Å². The number of hydrogen-bond donors (Lipinski definition) is 6. The van der Waals surface area contributed by atoms with E-state index in [9.17, 15) is 14.4 Å². The molecule has 0 aliphatic carbocycles. The molecular weight excluding hydrogens is 408 g/mol. The van der Waals surface area contributed by atoms with Crippen LogP contribution in [-0.4, -0.2) is 84.5 Å². The van der Waals surface area contributed by atoms with Gasteiger partial charge in [-0.15, -0.1) is 0 Å². The van der Waals surface area contributed by atoms with Gasteiger partial charge in [-0.25, -0.2) is 0 Å². The Labute approximate surface area is 173 Å². The van der Waals surface area contributed by atoms with Crippen LogP contribution in [0.2, 0.25) is 0 Å². The van der Waals surface area contributed by atoms with Crippen LogP contribution in [-0.2, 0) is 19.1 Å². The standard InChI is InChI=1S/C16H32N4O6S2/c17-5-1-2-13(18)16(25)20-7-9-28-27-8-6-19-14(23)3-4-15(24)26-11-12(22)10-21/h12-13,21-22H,1-11,17-18H2,(H,19,23)(H,20,25)/t12-,13?/m1/s1. The second-order valence-electron chi connectivity index (χ2n) is 5.84. The zero-order valence-corrected chi connectivity index (χ0v) is 17.6. The van der Waals surface area contributed by atoms with Gasteiger partial charge in [-0.3, -0.25) is 14.4 Å². The molecule has 0 fully saturated rings. The summed E-state index contributed by atoms with van der Waals surface area (Å²) in [5, 5.41) is 23.1.